The minimum atomic E-state index is -0.518. The van der Waals surface area contributed by atoms with Crippen LogP contribution in [0.4, 0.5) is 0 Å². The summed E-state index contributed by atoms with van der Waals surface area (Å²) in [5, 5.41) is 10.1. The molecule has 3 rings (SSSR count). The highest BCUT2D eigenvalue weighted by molar-refractivity contribution is 7.19. The predicted molar refractivity (Wildman–Crippen MR) is 102 cm³/mol. The molecule has 26 heavy (non-hydrogen) atoms. The number of hydrogen-bond donors (Lipinski definition) is 1. The lowest BCUT2D eigenvalue weighted by molar-refractivity contribution is 0.0766. The zero-order valence-electron chi connectivity index (χ0n) is 15.6. The molecule has 1 amide bonds. The fourth-order valence-corrected chi connectivity index (χ4v) is 4.69. The molecule has 1 aliphatic rings. The summed E-state index contributed by atoms with van der Waals surface area (Å²) in [6.45, 7) is 7.21. The Morgan fingerprint density at radius 1 is 1.35 bits per heavy atom. The highest BCUT2D eigenvalue weighted by Crippen LogP contribution is 2.31. The molecule has 0 spiro atoms. The number of carbonyl (C=O) groups is 1. The zero-order valence-corrected chi connectivity index (χ0v) is 16.4. The van der Waals surface area contributed by atoms with Crippen molar-refractivity contribution in [3.05, 3.63) is 31.3 Å². The molecule has 8 heteroatoms. The van der Waals surface area contributed by atoms with Crippen molar-refractivity contribution in [2.75, 3.05) is 13.1 Å². The predicted octanol–water partition coefficient (Wildman–Crippen LogP) is 1.19. The van der Waals surface area contributed by atoms with Crippen LogP contribution in [0.5, 0.6) is 0 Å². The molecule has 0 saturated carbocycles. The number of aliphatic hydroxyl groups excluding tert-OH is 1. The molecule has 142 valence electrons. The second-order valence-electron chi connectivity index (χ2n) is 7.28. The first-order chi connectivity index (χ1) is 12.3. The van der Waals surface area contributed by atoms with E-state index in [0.717, 1.165) is 9.44 Å². The summed E-state index contributed by atoms with van der Waals surface area (Å²) < 4.78 is 2.70. The van der Waals surface area contributed by atoms with E-state index >= 15 is 0 Å². The third-order valence-electron chi connectivity index (χ3n) is 4.78. The molecule has 1 aliphatic heterocycles. The van der Waals surface area contributed by atoms with E-state index in [1.165, 1.54) is 18.4 Å². The van der Waals surface area contributed by atoms with Crippen LogP contribution in [0.1, 0.15) is 42.4 Å². The Morgan fingerprint density at radius 2 is 2.04 bits per heavy atom. The molecule has 0 aromatic carbocycles. The molecule has 1 saturated heterocycles. The maximum absolute atomic E-state index is 13.1. The minimum Gasteiger partial charge on any atom is -0.391 e. The normalized spacial score (nSPS) is 17.6. The number of carbonyl (C=O) groups excluding carboxylic acids is 1. The van der Waals surface area contributed by atoms with E-state index in [4.69, 9.17) is 0 Å². The van der Waals surface area contributed by atoms with E-state index in [9.17, 15) is 19.5 Å². The number of thiophene rings is 1. The summed E-state index contributed by atoms with van der Waals surface area (Å²) in [5.41, 5.74) is -0.376. The van der Waals surface area contributed by atoms with Gasteiger partial charge in [0.2, 0.25) is 0 Å². The minimum absolute atomic E-state index is 0.225. The van der Waals surface area contributed by atoms with E-state index < -0.39 is 11.7 Å². The van der Waals surface area contributed by atoms with Gasteiger partial charge in [-0.3, -0.25) is 18.7 Å². The smallest absolute Gasteiger partial charge is 0.331 e. The number of aryl methyl sites for hydroxylation is 1. The Bertz CT molecular complexity index is 969. The molecular weight excluding hydrogens is 354 g/mol. The van der Waals surface area contributed by atoms with Gasteiger partial charge < -0.3 is 10.0 Å². The first-order valence-corrected chi connectivity index (χ1v) is 9.80. The van der Waals surface area contributed by atoms with E-state index in [1.54, 1.807) is 9.47 Å². The summed E-state index contributed by atoms with van der Waals surface area (Å²) in [7, 11) is 1.46. The Kier molecular flexibility index (Phi) is 5.07. The van der Waals surface area contributed by atoms with Crippen LogP contribution in [-0.2, 0) is 20.0 Å². The lowest BCUT2D eigenvalue weighted by Crippen LogP contribution is -2.39. The maximum atomic E-state index is 13.1. The Morgan fingerprint density at radius 3 is 2.58 bits per heavy atom. The van der Waals surface area contributed by atoms with Crippen LogP contribution in [0.25, 0.3) is 10.2 Å². The summed E-state index contributed by atoms with van der Waals surface area (Å²) in [6.07, 6.45) is 0.636. The summed E-state index contributed by atoms with van der Waals surface area (Å²) >= 11 is 1.36. The zero-order chi connectivity index (χ0) is 19.2. The van der Waals surface area contributed by atoms with Crippen molar-refractivity contribution in [3.8, 4) is 0 Å². The molecule has 0 bridgehead atoms. The SMILES string of the molecule is CCc1sc2c(c1C(=O)N1CCC(O)C1)c(=O)n(C)c(=O)n2CC(C)C. The van der Waals surface area contributed by atoms with Crippen molar-refractivity contribution in [2.45, 2.75) is 46.3 Å². The number of nitrogens with zero attached hydrogens (tertiary/aromatic N) is 3. The van der Waals surface area contributed by atoms with Gasteiger partial charge in [0.15, 0.2) is 0 Å². The van der Waals surface area contributed by atoms with Crippen LogP contribution in [0.2, 0.25) is 0 Å². The monoisotopic (exact) mass is 379 g/mol. The van der Waals surface area contributed by atoms with Crippen molar-refractivity contribution >= 4 is 27.5 Å². The number of hydrogen-bond acceptors (Lipinski definition) is 5. The van der Waals surface area contributed by atoms with Crippen LogP contribution >= 0.6 is 11.3 Å². The molecule has 3 heterocycles. The van der Waals surface area contributed by atoms with Crippen molar-refractivity contribution in [3.63, 3.8) is 0 Å². The van der Waals surface area contributed by atoms with Gasteiger partial charge in [-0.05, 0) is 18.8 Å². The number of fused-ring (bicyclic) bond motifs is 1. The third-order valence-corrected chi connectivity index (χ3v) is 6.13. The molecule has 1 fully saturated rings. The van der Waals surface area contributed by atoms with Gasteiger partial charge in [0.1, 0.15) is 4.83 Å². The van der Waals surface area contributed by atoms with Gasteiger partial charge in [-0.2, -0.15) is 0 Å². The molecule has 1 unspecified atom stereocenters. The number of amides is 1. The van der Waals surface area contributed by atoms with E-state index in [1.807, 2.05) is 20.8 Å². The van der Waals surface area contributed by atoms with E-state index in [0.29, 0.717) is 41.7 Å². The lowest BCUT2D eigenvalue weighted by Gasteiger charge is -2.16. The van der Waals surface area contributed by atoms with Crippen molar-refractivity contribution < 1.29 is 9.90 Å². The number of aromatic nitrogens is 2. The molecule has 1 N–H and O–H groups in total. The summed E-state index contributed by atoms with van der Waals surface area (Å²) in [5.74, 6) is 0.00459. The number of rotatable bonds is 4. The molecule has 7 nitrogen and oxygen atoms in total. The summed E-state index contributed by atoms with van der Waals surface area (Å²) in [4.78, 5) is 41.6. The number of aliphatic hydroxyl groups is 1. The Hall–Kier alpha value is -1.93. The van der Waals surface area contributed by atoms with E-state index in [-0.39, 0.29) is 24.1 Å². The molecule has 1 atom stereocenters. The van der Waals surface area contributed by atoms with Gasteiger partial charge in [-0.1, -0.05) is 20.8 Å². The van der Waals surface area contributed by atoms with Gasteiger partial charge in [-0.25, -0.2) is 4.79 Å². The van der Waals surface area contributed by atoms with Gasteiger partial charge in [0, 0.05) is 31.6 Å². The van der Waals surface area contributed by atoms with Crippen LogP contribution in [-0.4, -0.2) is 44.2 Å². The third kappa shape index (κ3) is 3.01. The number of likely N-dealkylation sites (tertiary alicyclic amines) is 1. The first-order valence-electron chi connectivity index (χ1n) is 8.98. The second-order valence-corrected chi connectivity index (χ2v) is 8.36. The van der Waals surface area contributed by atoms with Crippen molar-refractivity contribution in [1.82, 2.24) is 14.0 Å². The quantitative estimate of drug-likeness (QED) is 0.865. The van der Waals surface area contributed by atoms with E-state index in [2.05, 4.69) is 0 Å². The van der Waals surface area contributed by atoms with Crippen LogP contribution in [0.15, 0.2) is 9.59 Å². The average Bonchev–Trinajstić information content (AvgIpc) is 3.19. The highest BCUT2D eigenvalue weighted by atomic mass is 32.1. The van der Waals surface area contributed by atoms with Gasteiger partial charge >= 0.3 is 5.69 Å². The Balaban J connectivity index is 2.29. The number of β-amino-alcohol motifs (C(OH)–C–C–N with tert-alkyl or cyclic N) is 1. The largest absolute Gasteiger partial charge is 0.391 e. The standard InChI is InChI=1S/C18H25N3O4S/c1-5-12-13(16(24)20-7-6-11(22)9-20)14-15(23)19(4)18(25)21(8-10(2)3)17(14)26-12/h10-11,22H,5-9H2,1-4H3. The molecule has 2 aromatic heterocycles. The fraction of sp³-hybridized carbons (Fsp3) is 0.611. The van der Waals surface area contributed by atoms with Gasteiger partial charge in [0.05, 0.1) is 17.1 Å². The van der Waals surface area contributed by atoms with Crippen molar-refractivity contribution in [2.24, 2.45) is 13.0 Å². The Labute approximate surface area is 155 Å². The maximum Gasteiger partial charge on any atom is 0.331 e. The summed E-state index contributed by atoms with van der Waals surface area (Å²) in [6, 6.07) is 0. The van der Waals surface area contributed by atoms with Crippen LogP contribution in [0.3, 0.4) is 0 Å². The second kappa shape index (κ2) is 7.00. The van der Waals surface area contributed by atoms with Crippen molar-refractivity contribution in [1.29, 1.82) is 0 Å². The first kappa shape index (κ1) is 18.8. The molecule has 2 aromatic rings. The average molecular weight is 379 g/mol. The fourth-order valence-electron chi connectivity index (χ4n) is 3.46. The van der Waals surface area contributed by atoms with Gasteiger partial charge in [0.25, 0.3) is 11.5 Å². The molecular formula is C18H25N3O4S. The van der Waals surface area contributed by atoms with Crippen LogP contribution < -0.4 is 11.2 Å². The molecule has 0 radical (unpaired) electrons. The van der Waals surface area contributed by atoms with Gasteiger partial charge in [-0.15, -0.1) is 11.3 Å². The van der Waals surface area contributed by atoms with Crippen LogP contribution in [0, 0.1) is 5.92 Å². The molecule has 0 aliphatic carbocycles. The topological polar surface area (TPSA) is 84.5 Å². The lowest BCUT2D eigenvalue weighted by atomic mass is 10.1. The highest BCUT2D eigenvalue weighted by Gasteiger charge is 2.31.